The third-order valence-corrected chi connectivity index (χ3v) is 4.93. The summed E-state index contributed by atoms with van der Waals surface area (Å²) >= 11 is 0. The van der Waals surface area contributed by atoms with Crippen LogP contribution in [-0.4, -0.2) is 44.4 Å². The van der Waals surface area contributed by atoms with Crippen molar-refractivity contribution in [1.29, 1.82) is 0 Å². The van der Waals surface area contributed by atoms with Crippen molar-refractivity contribution in [1.82, 2.24) is 5.32 Å². The summed E-state index contributed by atoms with van der Waals surface area (Å²) in [6, 6.07) is 9.36. The second-order valence-electron chi connectivity index (χ2n) is 6.78. The second-order valence-corrected chi connectivity index (χ2v) is 6.78. The summed E-state index contributed by atoms with van der Waals surface area (Å²) in [6.45, 7) is 8.63. The van der Waals surface area contributed by atoms with Crippen molar-refractivity contribution in [3.8, 4) is 0 Å². The molecule has 1 aliphatic rings. The van der Waals surface area contributed by atoms with Crippen LogP contribution in [0.5, 0.6) is 0 Å². The molecular weight excluding hydrogens is 356 g/mol. The molecule has 0 bridgehead atoms. The van der Waals surface area contributed by atoms with Crippen molar-refractivity contribution in [2.24, 2.45) is 0 Å². The van der Waals surface area contributed by atoms with Crippen LogP contribution in [0, 0.1) is 0 Å². The molecule has 6 nitrogen and oxygen atoms in total. The average Bonchev–Trinajstić information content (AvgIpc) is 2.69. The van der Waals surface area contributed by atoms with Crippen LogP contribution in [0.2, 0.25) is 0 Å². The summed E-state index contributed by atoms with van der Waals surface area (Å²) in [7, 11) is 0. The van der Waals surface area contributed by atoms with E-state index in [1.165, 1.54) is 0 Å². The lowest BCUT2D eigenvalue weighted by Crippen LogP contribution is -2.37. The number of nitrogens with zero attached hydrogens (tertiary/aromatic N) is 1. The van der Waals surface area contributed by atoms with Crippen LogP contribution in [-0.2, 0) is 9.47 Å². The number of amides is 2. The topological polar surface area (TPSA) is 67.9 Å². The van der Waals surface area contributed by atoms with Gasteiger partial charge in [0, 0.05) is 47.3 Å². The van der Waals surface area contributed by atoms with Gasteiger partial charge in [-0.1, -0.05) is 25.5 Å². The number of rotatable bonds is 10. The standard InChI is InChI=1S/C22H28N2O4/c1-4-7-13-24(14-19(27-5-2)28-6-3)18-12-11-17-20-15(18)9-8-10-16(20)21(25)23-22(17)26/h8-12,19H,4-7,13-14H2,1-3H3,(H,23,25,26). The van der Waals surface area contributed by atoms with Gasteiger partial charge >= 0.3 is 0 Å². The van der Waals surface area contributed by atoms with E-state index in [4.69, 9.17) is 9.47 Å². The number of unbranched alkanes of at least 4 members (excludes halogenated alkanes) is 1. The van der Waals surface area contributed by atoms with Crippen LogP contribution in [0.3, 0.4) is 0 Å². The van der Waals surface area contributed by atoms with E-state index in [-0.39, 0.29) is 18.1 Å². The Morgan fingerprint density at radius 3 is 2.29 bits per heavy atom. The molecular formula is C22H28N2O4. The summed E-state index contributed by atoms with van der Waals surface area (Å²) in [4.78, 5) is 26.8. The Bertz CT molecular complexity index is 839. The number of nitrogens with one attached hydrogen (secondary N) is 1. The molecule has 6 heteroatoms. The molecule has 150 valence electrons. The number of hydrogen-bond donors (Lipinski definition) is 1. The van der Waals surface area contributed by atoms with Crippen molar-refractivity contribution in [3.05, 3.63) is 41.5 Å². The Morgan fingerprint density at radius 1 is 0.964 bits per heavy atom. The first-order valence-corrected chi connectivity index (χ1v) is 10.00. The predicted octanol–water partition coefficient (Wildman–Crippen LogP) is 3.73. The van der Waals surface area contributed by atoms with Crippen LogP contribution in [0.4, 0.5) is 5.69 Å². The number of ether oxygens (including phenoxy) is 2. The minimum absolute atomic E-state index is 0.331. The van der Waals surface area contributed by atoms with Gasteiger partial charge in [0.1, 0.15) is 0 Å². The van der Waals surface area contributed by atoms with Crippen molar-refractivity contribution >= 4 is 28.3 Å². The van der Waals surface area contributed by atoms with Crippen molar-refractivity contribution in [3.63, 3.8) is 0 Å². The molecule has 28 heavy (non-hydrogen) atoms. The zero-order valence-corrected chi connectivity index (χ0v) is 16.8. The van der Waals surface area contributed by atoms with Gasteiger partial charge in [-0.3, -0.25) is 14.9 Å². The molecule has 1 N–H and O–H groups in total. The first-order chi connectivity index (χ1) is 13.6. The lowest BCUT2D eigenvalue weighted by molar-refractivity contribution is -0.129. The van der Waals surface area contributed by atoms with Crippen LogP contribution in [0.15, 0.2) is 30.3 Å². The van der Waals surface area contributed by atoms with Crippen LogP contribution in [0.25, 0.3) is 10.8 Å². The minimum atomic E-state index is -0.345. The molecule has 2 amide bonds. The Morgan fingerprint density at radius 2 is 1.64 bits per heavy atom. The van der Waals surface area contributed by atoms with E-state index in [2.05, 4.69) is 17.1 Å². The van der Waals surface area contributed by atoms with Gasteiger partial charge in [0.05, 0.1) is 6.54 Å². The number of benzene rings is 2. The predicted molar refractivity (Wildman–Crippen MR) is 110 cm³/mol. The van der Waals surface area contributed by atoms with Gasteiger partial charge < -0.3 is 14.4 Å². The van der Waals surface area contributed by atoms with Gasteiger partial charge in [0.25, 0.3) is 11.8 Å². The molecule has 0 atom stereocenters. The lowest BCUT2D eigenvalue weighted by atomic mass is 9.93. The summed E-state index contributed by atoms with van der Waals surface area (Å²) in [5, 5.41) is 4.04. The summed E-state index contributed by atoms with van der Waals surface area (Å²) in [5.74, 6) is -0.691. The van der Waals surface area contributed by atoms with Gasteiger partial charge in [-0.05, 0) is 38.5 Å². The molecule has 0 saturated carbocycles. The fourth-order valence-electron chi connectivity index (χ4n) is 3.65. The molecule has 0 fully saturated rings. The van der Waals surface area contributed by atoms with Crippen molar-refractivity contribution < 1.29 is 19.1 Å². The van der Waals surface area contributed by atoms with E-state index in [9.17, 15) is 9.59 Å². The number of carbonyl (C=O) groups excluding carboxylic acids is 2. The van der Waals surface area contributed by atoms with E-state index < -0.39 is 0 Å². The fourth-order valence-corrected chi connectivity index (χ4v) is 3.65. The summed E-state index contributed by atoms with van der Waals surface area (Å²) in [6.07, 6.45) is 1.75. The van der Waals surface area contributed by atoms with Crippen LogP contribution >= 0.6 is 0 Å². The molecule has 0 unspecified atom stereocenters. The SMILES string of the molecule is CCCCN(CC(OCC)OCC)c1ccc2c3c(cccc13)C(=O)NC2=O. The van der Waals surface area contributed by atoms with E-state index in [1.54, 1.807) is 12.1 Å². The molecule has 2 aromatic carbocycles. The third kappa shape index (κ3) is 4.03. The largest absolute Gasteiger partial charge is 0.366 e. The molecule has 2 aromatic rings. The van der Waals surface area contributed by atoms with Gasteiger partial charge in [-0.25, -0.2) is 0 Å². The Labute approximate surface area is 165 Å². The van der Waals surface area contributed by atoms with Gasteiger partial charge in [0.2, 0.25) is 0 Å². The van der Waals surface area contributed by atoms with E-state index in [0.717, 1.165) is 35.8 Å². The molecule has 0 spiro atoms. The molecule has 1 heterocycles. The highest BCUT2D eigenvalue weighted by atomic mass is 16.7. The summed E-state index contributed by atoms with van der Waals surface area (Å²) < 4.78 is 11.5. The highest BCUT2D eigenvalue weighted by Gasteiger charge is 2.27. The molecule has 3 rings (SSSR count). The molecule has 0 aliphatic carbocycles. The van der Waals surface area contributed by atoms with E-state index >= 15 is 0 Å². The quantitative estimate of drug-likeness (QED) is 0.499. The molecule has 1 aliphatic heterocycles. The number of carbonyl (C=O) groups is 2. The smallest absolute Gasteiger partial charge is 0.258 e. The molecule has 0 aromatic heterocycles. The average molecular weight is 384 g/mol. The van der Waals surface area contributed by atoms with Crippen LogP contribution in [0.1, 0.15) is 54.3 Å². The van der Waals surface area contributed by atoms with Crippen molar-refractivity contribution in [2.45, 2.75) is 39.9 Å². The van der Waals surface area contributed by atoms with E-state index in [0.29, 0.717) is 30.9 Å². The van der Waals surface area contributed by atoms with Crippen molar-refractivity contribution in [2.75, 3.05) is 31.2 Å². The van der Waals surface area contributed by atoms with Gasteiger partial charge in [-0.15, -0.1) is 0 Å². The summed E-state index contributed by atoms with van der Waals surface area (Å²) in [5.41, 5.74) is 2.06. The first-order valence-electron chi connectivity index (χ1n) is 10.00. The first kappa shape index (κ1) is 20.3. The lowest BCUT2D eigenvalue weighted by Gasteiger charge is -2.31. The third-order valence-electron chi connectivity index (χ3n) is 4.93. The molecule has 0 saturated heterocycles. The van der Waals surface area contributed by atoms with Gasteiger partial charge in [0.15, 0.2) is 6.29 Å². The zero-order valence-electron chi connectivity index (χ0n) is 16.8. The maximum atomic E-state index is 12.3. The van der Waals surface area contributed by atoms with E-state index in [1.807, 2.05) is 32.0 Å². The second kappa shape index (κ2) is 9.17. The van der Waals surface area contributed by atoms with Gasteiger partial charge in [-0.2, -0.15) is 0 Å². The highest BCUT2D eigenvalue weighted by molar-refractivity contribution is 6.26. The number of hydrogen-bond acceptors (Lipinski definition) is 5. The number of anilines is 1. The molecule has 0 radical (unpaired) electrons. The van der Waals surface area contributed by atoms with Crippen LogP contribution < -0.4 is 10.2 Å². The highest BCUT2D eigenvalue weighted by Crippen LogP contribution is 2.34. The zero-order chi connectivity index (χ0) is 20.1. The Hall–Kier alpha value is -2.44. The fraction of sp³-hybridized carbons (Fsp3) is 0.455. The minimum Gasteiger partial charge on any atom is -0.366 e. The maximum absolute atomic E-state index is 12.3. The normalized spacial score (nSPS) is 13.3. The Balaban J connectivity index is 2.07. The monoisotopic (exact) mass is 384 g/mol. The maximum Gasteiger partial charge on any atom is 0.258 e. The number of imide groups is 1. The Kier molecular flexibility index (Phi) is 6.65.